The largest absolute Gasteiger partial charge is 0.118 e. The van der Waals surface area contributed by atoms with Gasteiger partial charge >= 0.3 is 0 Å². The minimum atomic E-state index is 1.30. The molecule has 0 amide bonds. The van der Waals surface area contributed by atoms with Gasteiger partial charge in [0, 0.05) is 21.3 Å². The van der Waals surface area contributed by atoms with Gasteiger partial charge in [0.25, 0.3) is 0 Å². The molecule has 0 N–H and O–H groups in total. The molecule has 0 aromatic carbocycles. The molecule has 0 aromatic heterocycles. The lowest BCUT2D eigenvalue weighted by molar-refractivity contribution is 1.25. The second kappa shape index (κ2) is 4.46. The lowest BCUT2D eigenvalue weighted by atomic mass is 10.5. The van der Waals surface area contributed by atoms with Crippen LogP contribution in [0.5, 0.6) is 0 Å². The predicted octanol–water partition coefficient (Wildman–Crippen LogP) is 5.69. The van der Waals surface area contributed by atoms with Crippen LogP contribution in [-0.2, 0) is 0 Å². The van der Waals surface area contributed by atoms with Gasteiger partial charge in [-0.25, -0.2) is 0 Å². The molecule has 4 rings (SSSR count). The Bertz CT molecular complexity index is 380. The summed E-state index contributed by atoms with van der Waals surface area (Å²) >= 11 is 12.2. The highest BCUT2D eigenvalue weighted by molar-refractivity contribution is 8.40. The third-order valence-corrected chi connectivity index (χ3v) is 11.4. The lowest BCUT2D eigenvalue weighted by Crippen LogP contribution is -1.75. The molecule has 4 aliphatic rings. The van der Waals surface area contributed by atoms with E-state index in [1.165, 1.54) is 24.3 Å². The second-order valence-corrected chi connectivity index (χ2v) is 11.1. The van der Waals surface area contributed by atoms with Crippen LogP contribution in [-0.4, -0.2) is 11.5 Å². The highest BCUT2D eigenvalue weighted by atomic mass is 32.2. The van der Waals surface area contributed by atoms with Gasteiger partial charge in [0.1, 0.15) is 0 Å². The summed E-state index contributed by atoms with van der Waals surface area (Å²) < 4.78 is 6.30. The minimum Gasteiger partial charge on any atom is -0.118 e. The van der Waals surface area contributed by atoms with Gasteiger partial charge in [-0.15, -0.1) is 23.5 Å². The van der Waals surface area contributed by atoms with Crippen molar-refractivity contribution in [2.75, 3.05) is 11.5 Å². The summed E-state index contributed by atoms with van der Waals surface area (Å²) in [5.41, 5.74) is 0. The van der Waals surface area contributed by atoms with Crippen LogP contribution in [0.15, 0.2) is 26.8 Å². The van der Waals surface area contributed by atoms with Crippen molar-refractivity contribution in [1.29, 1.82) is 0 Å². The Labute approximate surface area is 121 Å². The van der Waals surface area contributed by atoms with Crippen molar-refractivity contribution in [2.24, 2.45) is 0 Å². The molecule has 0 saturated carbocycles. The molecule has 0 bridgehead atoms. The summed E-state index contributed by atoms with van der Waals surface area (Å²) in [7, 11) is 0. The van der Waals surface area contributed by atoms with Crippen LogP contribution in [0.4, 0.5) is 0 Å². The molecule has 0 atom stereocenters. The fourth-order valence-corrected chi connectivity index (χ4v) is 11.0. The van der Waals surface area contributed by atoms with Crippen LogP contribution in [0.2, 0.25) is 0 Å². The zero-order chi connectivity index (χ0) is 10.5. The molecule has 0 aromatic rings. The molecule has 0 aliphatic carbocycles. The molecular weight excluding hydrogens is 313 g/mol. The standard InChI is InChI=1S/C10H8S6/c1-3-11-7-5(1)13-9(15-7)10-14-6-2-4-12-8(6)16-10/h1-4H2/b10-9+. The van der Waals surface area contributed by atoms with Crippen LogP contribution < -0.4 is 0 Å². The number of hydrogen-bond acceptors (Lipinski definition) is 6. The molecule has 0 nitrogen and oxygen atoms in total. The van der Waals surface area contributed by atoms with E-state index in [1.807, 2.05) is 70.6 Å². The molecule has 0 spiro atoms. The van der Waals surface area contributed by atoms with Gasteiger partial charge in [-0.1, -0.05) is 47.0 Å². The Hall–Kier alpha value is 1.32. The fourth-order valence-electron chi connectivity index (χ4n) is 1.80. The van der Waals surface area contributed by atoms with Crippen LogP contribution in [0.3, 0.4) is 0 Å². The first kappa shape index (κ1) is 11.2. The van der Waals surface area contributed by atoms with Crippen molar-refractivity contribution < 1.29 is 0 Å². The van der Waals surface area contributed by atoms with E-state index in [4.69, 9.17) is 0 Å². The van der Waals surface area contributed by atoms with Crippen LogP contribution in [0.1, 0.15) is 12.8 Å². The first-order chi connectivity index (χ1) is 7.90. The van der Waals surface area contributed by atoms with Gasteiger partial charge in [-0.2, -0.15) is 0 Å². The monoisotopic (exact) mass is 320 g/mol. The van der Waals surface area contributed by atoms with Crippen molar-refractivity contribution in [1.82, 2.24) is 0 Å². The molecule has 4 heterocycles. The minimum absolute atomic E-state index is 1.30. The normalized spacial score (nSPS) is 33.0. The first-order valence-corrected chi connectivity index (χ1v) is 10.3. The third kappa shape index (κ3) is 1.84. The smallest absolute Gasteiger partial charge is 0.0708 e. The van der Waals surface area contributed by atoms with E-state index in [0.29, 0.717) is 0 Å². The molecule has 0 unspecified atom stereocenters. The SMILES string of the molecule is C1CC2=C(S1)S/C(=C1\SC3=C(SCC3)S1)S2. The highest BCUT2D eigenvalue weighted by Gasteiger charge is 2.33. The zero-order valence-electron chi connectivity index (χ0n) is 8.28. The average Bonchev–Trinajstić information content (AvgIpc) is 2.94. The van der Waals surface area contributed by atoms with E-state index in [1.54, 1.807) is 26.8 Å². The summed E-state index contributed by atoms with van der Waals surface area (Å²) in [5.74, 6) is 2.61. The van der Waals surface area contributed by atoms with Crippen LogP contribution in [0.25, 0.3) is 0 Å². The van der Waals surface area contributed by atoms with E-state index >= 15 is 0 Å². The van der Waals surface area contributed by atoms with Gasteiger partial charge in [-0.3, -0.25) is 0 Å². The lowest BCUT2D eigenvalue weighted by Gasteiger charge is -2.05. The third-order valence-electron chi connectivity index (χ3n) is 2.55. The van der Waals surface area contributed by atoms with Gasteiger partial charge in [0.15, 0.2) is 0 Å². The zero-order valence-corrected chi connectivity index (χ0v) is 13.2. The van der Waals surface area contributed by atoms with E-state index in [-0.39, 0.29) is 0 Å². The topological polar surface area (TPSA) is 0 Å². The average molecular weight is 321 g/mol. The summed E-state index contributed by atoms with van der Waals surface area (Å²) in [6.45, 7) is 0. The number of allylic oxidation sites excluding steroid dienone is 2. The second-order valence-electron chi connectivity index (χ2n) is 3.60. The van der Waals surface area contributed by atoms with E-state index in [0.717, 1.165) is 0 Å². The molecule has 16 heavy (non-hydrogen) atoms. The first-order valence-electron chi connectivity index (χ1n) is 5.08. The van der Waals surface area contributed by atoms with Crippen LogP contribution in [0, 0.1) is 0 Å². The number of rotatable bonds is 0. The Morgan fingerprint density at radius 3 is 1.50 bits per heavy atom. The van der Waals surface area contributed by atoms with E-state index < -0.39 is 0 Å². The molecule has 0 fully saturated rings. The molecule has 0 radical (unpaired) electrons. The van der Waals surface area contributed by atoms with Gasteiger partial charge in [-0.05, 0) is 12.8 Å². The maximum Gasteiger partial charge on any atom is 0.0708 e. The van der Waals surface area contributed by atoms with Crippen molar-refractivity contribution >= 4 is 70.6 Å². The summed E-state index contributed by atoms with van der Waals surface area (Å²) in [6, 6.07) is 0. The molecular formula is C10H8S6. The van der Waals surface area contributed by atoms with Gasteiger partial charge < -0.3 is 0 Å². The quantitative estimate of drug-likeness (QED) is 0.558. The van der Waals surface area contributed by atoms with Crippen molar-refractivity contribution in [3.05, 3.63) is 26.8 Å². The molecule has 6 heteroatoms. The van der Waals surface area contributed by atoms with Gasteiger partial charge in [0.05, 0.1) is 16.9 Å². The maximum atomic E-state index is 2.05. The van der Waals surface area contributed by atoms with Crippen LogP contribution >= 0.6 is 70.6 Å². The number of thioether (sulfide) groups is 6. The van der Waals surface area contributed by atoms with Crippen molar-refractivity contribution in [2.45, 2.75) is 12.8 Å². The summed E-state index contributed by atoms with van der Waals surface area (Å²) in [5, 5.41) is 0. The Morgan fingerprint density at radius 1 is 0.562 bits per heavy atom. The summed E-state index contributed by atoms with van der Waals surface area (Å²) in [4.78, 5) is 3.27. The Morgan fingerprint density at radius 2 is 1.06 bits per heavy atom. The fraction of sp³-hybridized carbons (Fsp3) is 0.400. The molecule has 84 valence electrons. The van der Waals surface area contributed by atoms with Gasteiger partial charge in [0.2, 0.25) is 0 Å². The maximum absolute atomic E-state index is 2.05. The Kier molecular flexibility index (Phi) is 3.11. The number of hydrogen-bond donors (Lipinski definition) is 0. The van der Waals surface area contributed by atoms with Crippen molar-refractivity contribution in [3.8, 4) is 0 Å². The van der Waals surface area contributed by atoms with E-state index in [9.17, 15) is 0 Å². The highest BCUT2D eigenvalue weighted by Crippen LogP contribution is 2.66. The Balaban J connectivity index is 1.56. The summed E-state index contributed by atoms with van der Waals surface area (Å²) in [6.07, 6.45) is 2.59. The predicted molar refractivity (Wildman–Crippen MR) is 85.6 cm³/mol. The van der Waals surface area contributed by atoms with E-state index in [2.05, 4.69) is 0 Å². The molecule has 0 saturated heterocycles. The molecule has 4 aliphatic heterocycles. The van der Waals surface area contributed by atoms with Crippen molar-refractivity contribution in [3.63, 3.8) is 0 Å².